The maximum atomic E-state index is 12.2. The predicted molar refractivity (Wildman–Crippen MR) is 101 cm³/mol. The summed E-state index contributed by atoms with van der Waals surface area (Å²) < 4.78 is 5.70. The van der Waals surface area contributed by atoms with Crippen LogP contribution in [0, 0.1) is 13.8 Å². The number of likely N-dealkylation sites (N-methyl/N-ethyl adjacent to an activating group) is 1. The molecule has 0 N–H and O–H groups in total. The number of rotatable bonds is 3. The average Bonchev–Trinajstić information content (AvgIpc) is 2.63. The van der Waals surface area contributed by atoms with Gasteiger partial charge in [-0.2, -0.15) is 0 Å². The van der Waals surface area contributed by atoms with Crippen LogP contribution in [-0.4, -0.2) is 74.7 Å². The Bertz CT molecular complexity index is 609. The first-order valence-electron chi connectivity index (χ1n) is 9.35. The summed E-state index contributed by atoms with van der Waals surface area (Å²) in [6.45, 7) is 8.88. The number of anilines is 1. The van der Waals surface area contributed by atoms with E-state index in [9.17, 15) is 4.79 Å². The van der Waals surface area contributed by atoms with Crippen LogP contribution in [0.15, 0.2) is 18.2 Å². The fourth-order valence-corrected chi connectivity index (χ4v) is 3.99. The van der Waals surface area contributed by atoms with Crippen molar-refractivity contribution in [3.63, 3.8) is 0 Å². The number of morpholine rings is 1. The highest BCUT2D eigenvalue weighted by atomic mass is 16.5. The second-order valence-corrected chi connectivity index (χ2v) is 7.52. The number of nitrogens with zero attached hydrogens (tertiary/aromatic N) is 3. The Morgan fingerprint density at radius 2 is 1.88 bits per heavy atom. The summed E-state index contributed by atoms with van der Waals surface area (Å²) >= 11 is 0. The van der Waals surface area contributed by atoms with Gasteiger partial charge in [0.05, 0.1) is 6.61 Å². The molecule has 1 aromatic rings. The number of carbonyl (C=O) groups excluding carboxylic acids is 1. The van der Waals surface area contributed by atoms with Gasteiger partial charge in [-0.3, -0.25) is 9.69 Å². The van der Waals surface area contributed by atoms with E-state index in [2.05, 4.69) is 41.8 Å². The van der Waals surface area contributed by atoms with Crippen LogP contribution in [0.3, 0.4) is 0 Å². The molecule has 1 atom stereocenters. The molecule has 2 aliphatic rings. The number of carbonyl (C=O) groups is 1. The summed E-state index contributed by atoms with van der Waals surface area (Å²) in [6.07, 6.45) is 1.99. The number of amides is 1. The van der Waals surface area contributed by atoms with Crippen molar-refractivity contribution in [2.75, 3.05) is 51.8 Å². The fraction of sp³-hybridized carbons (Fsp3) is 0.650. The third kappa shape index (κ3) is 3.98. The van der Waals surface area contributed by atoms with Gasteiger partial charge in [0.1, 0.15) is 6.10 Å². The number of hydrogen-bond acceptors (Lipinski definition) is 4. The molecule has 2 heterocycles. The minimum absolute atomic E-state index is 0.0810. The van der Waals surface area contributed by atoms with Crippen LogP contribution in [0.4, 0.5) is 5.69 Å². The normalized spacial score (nSPS) is 22.9. The summed E-state index contributed by atoms with van der Waals surface area (Å²) in [7, 11) is 3.60. The topological polar surface area (TPSA) is 36.0 Å². The second kappa shape index (κ2) is 7.75. The number of piperidine rings is 1. The Morgan fingerprint density at radius 1 is 1.16 bits per heavy atom. The van der Waals surface area contributed by atoms with Crippen molar-refractivity contribution in [3.05, 3.63) is 29.3 Å². The zero-order valence-corrected chi connectivity index (χ0v) is 16.0. The van der Waals surface area contributed by atoms with E-state index in [-0.39, 0.29) is 12.0 Å². The summed E-state index contributed by atoms with van der Waals surface area (Å²) in [5.74, 6) is 0.0810. The van der Waals surface area contributed by atoms with E-state index < -0.39 is 0 Å². The maximum absolute atomic E-state index is 12.2. The van der Waals surface area contributed by atoms with Crippen LogP contribution >= 0.6 is 0 Å². The van der Waals surface area contributed by atoms with Crippen molar-refractivity contribution < 1.29 is 9.53 Å². The van der Waals surface area contributed by atoms with Gasteiger partial charge in [0.15, 0.2) is 0 Å². The minimum atomic E-state index is -0.305. The molecule has 0 radical (unpaired) electrons. The molecule has 25 heavy (non-hydrogen) atoms. The standard InChI is InChI=1S/C20H31N3O2/c1-15-6-5-7-18(16(15)2)22-10-8-17(9-11-22)23-12-13-25-19(14-23)20(24)21(3)4/h5-7,17,19H,8-14H2,1-4H3/t19-/m0/s1. The van der Waals surface area contributed by atoms with Crippen LogP contribution in [0.25, 0.3) is 0 Å². The van der Waals surface area contributed by atoms with E-state index in [1.165, 1.54) is 16.8 Å². The molecule has 0 saturated carbocycles. The molecule has 0 aliphatic carbocycles. The first kappa shape index (κ1) is 18.2. The van der Waals surface area contributed by atoms with Crippen molar-refractivity contribution in [2.45, 2.75) is 38.8 Å². The third-order valence-electron chi connectivity index (χ3n) is 5.71. The first-order chi connectivity index (χ1) is 12.0. The predicted octanol–water partition coefficient (Wildman–Crippen LogP) is 2.06. The van der Waals surface area contributed by atoms with Crippen molar-refractivity contribution >= 4 is 11.6 Å². The lowest BCUT2D eigenvalue weighted by molar-refractivity contribution is -0.148. The average molecular weight is 345 g/mol. The lowest BCUT2D eigenvalue weighted by atomic mass is 9.99. The summed E-state index contributed by atoms with van der Waals surface area (Å²) in [5.41, 5.74) is 4.13. The van der Waals surface area contributed by atoms with E-state index in [0.29, 0.717) is 12.6 Å². The lowest BCUT2D eigenvalue weighted by Gasteiger charge is -2.43. The van der Waals surface area contributed by atoms with Crippen molar-refractivity contribution in [1.82, 2.24) is 9.80 Å². The molecular weight excluding hydrogens is 314 g/mol. The zero-order chi connectivity index (χ0) is 18.0. The summed E-state index contributed by atoms with van der Waals surface area (Å²) in [5, 5.41) is 0. The molecule has 0 spiro atoms. The third-order valence-corrected chi connectivity index (χ3v) is 5.71. The van der Waals surface area contributed by atoms with E-state index in [1.807, 2.05) is 0 Å². The van der Waals surface area contributed by atoms with Crippen LogP contribution in [-0.2, 0) is 9.53 Å². The van der Waals surface area contributed by atoms with Gasteiger partial charge in [0, 0.05) is 52.0 Å². The van der Waals surface area contributed by atoms with Crippen LogP contribution in [0.1, 0.15) is 24.0 Å². The molecule has 1 amide bonds. The fourth-order valence-electron chi connectivity index (χ4n) is 3.99. The SMILES string of the molecule is Cc1cccc(N2CCC(N3CCO[C@H](C(=O)N(C)C)C3)CC2)c1C. The van der Waals surface area contributed by atoms with Gasteiger partial charge in [-0.25, -0.2) is 0 Å². The van der Waals surface area contributed by atoms with E-state index in [0.717, 1.165) is 39.0 Å². The Morgan fingerprint density at radius 3 is 2.56 bits per heavy atom. The van der Waals surface area contributed by atoms with Crippen molar-refractivity contribution in [1.29, 1.82) is 0 Å². The number of hydrogen-bond donors (Lipinski definition) is 0. The highest BCUT2D eigenvalue weighted by Crippen LogP contribution is 2.27. The molecule has 0 unspecified atom stereocenters. The van der Waals surface area contributed by atoms with Gasteiger partial charge >= 0.3 is 0 Å². The Labute approximate surface area is 151 Å². The maximum Gasteiger partial charge on any atom is 0.252 e. The van der Waals surface area contributed by atoms with E-state index >= 15 is 0 Å². The quantitative estimate of drug-likeness (QED) is 0.840. The molecule has 0 bridgehead atoms. The Hall–Kier alpha value is -1.59. The second-order valence-electron chi connectivity index (χ2n) is 7.52. The molecule has 3 rings (SSSR count). The van der Waals surface area contributed by atoms with Crippen LogP contribution in [0.2, 0.25) is 0 Å². The highest BCUT2D eigenvalue weighted by molar-refractivity contribution is 5.80. The van der Waals surface area contributed by atoms with Gasteiger partial charge in [-0.05, 0) is 43.9 Å². The van der Waals surface area contributed by atoms with Gasteiger partial charge in [-0.1, -0.05) is 12.1 Å². The van der Waals surface area contributed by atoms with Gasteiger partial charge < -0.3 is 14.5 Å². The highest BCUT2D eigenvalue weighted by Gasteiger charge is 2.33. The number of aryl methyl sites for hydroxylation is 1. The van der Waals surface area contributed by atoms with Crippen LogP contribution < -0.4 is 4.90 Å². The summed E-state index contributed by atoms with van der Waals surface area (Å²) in [4.78, 5) is 18.8. The monoisotopic (exact) mass is 345 g/mol. The first-order valence-corrected chi connectivity index (χ1v) is 9.35. The largest absolute Gasteiger partial charge is 0.371 e. The molecule has 138 valence electrons. The van der Waals surface area contributed by atoms with Gasteiger partial charge in [-0.15, -0.1) is 0 Å². The number of benzene rings is 1. The molecule has 2 fully saturated rings. The molecule has 2 aliphatic heterocycles. The molecule has 2 saturated heterocycles. The van der Waals surface area contributed by atoms with E-state index in [1.54, 1.807) is 19.0 Å². The Kier molecular flexibility index (Phi) is 5.64. The lowest BCUT2D eigenvalue weighted by Crippen LogP contribution is -2.54. The molecule has 0 aromatic heterocycles. The smallest absolute Gasteiger partial charge is 0.252 e. The Balaban J connectivity index is 1.58. The molecule has 1 aromatic carbocycles. The minimum Gasteiger partial charge on any atom is -0.371 e. The summed E-state index contributed by atoms with van der Waals surface area (Å²) in [6, 6.07) is 7.14. The van der Waals surface area contributed by atoms with Crippen molar-refractivity contribution in [3.8, 4) is 0 Å². The number of ether oxygens (including phenoxy) is 1. The van der Waals surface area contributed by atoms with Crippen molar-refractivity contribution in [2.24, 2.45) is 0 Å². The van der Waals surface area contributed by atoms with Gasteiger partial charge in [0.25, 0.3) is 5.91 Å². The van der Waals surface area contributed by atoms with Gasteiger partial charge in [0.2, 0.25) is 0 Å². The molecule has 5 heteroatoms. The molecule has 5 nitrogen and oxygen atoms in total. The van der Waals surface area contributed by atoms with Crippen LogP contribution in [0.5, 0.6) is 0 Å². The van der Waals surface area contributed by atoms with E-state index in [4.69, 9.17) is 4.74 Å². The zero-order valence-electron chi connectivity index (χ0n) is 16.0. The molecular formula is C20H31N3O2.